The Morgan fingerprint density at radius 1 is 1.48 bits per heavy atom. The predicted octanol–water partition coefficient (Wildman–Crippen LogP) is 2.15. The molecule has 1 atom stereocenters. The van der Waals surface area contributed by atoms with Gasteiger partial charge in [0.1, 0.15) is 5.82 Å². The van der Waals surface area contributed by atoms with Crippen LogP contribution in [0.1, 0.15) is 25.3 Å². The molecule has 0 aromatic heterocycles. The molecule has 114 valence electrons. The lowest BCUT2D eigenvalue weighted by molar-refractivity contribution is -0.132. The first-order valence-electron chi connectivity index (χ1n) is 6.95. The van der Waals surface area contributed by atoms with Gasteiger partial charge in [-0.3, -0.25) is 9.59 Å². The standard InChI is InChI=1S/C15H18ClFN2O2/c1-10(20)18-11-4-3-7-19(9-11)15(21)8-12-13(16)5-2-6-14(12)17/h2,5-6,11H,3-4,7-9H2,1H3,(H,18,20)/t11-/m0/s1. The van der Waals surface area contributed by atoms with Crippen LogP contribution < -0.4 is 5.32 Å². The number of nitrogens with zero attached hydrogens (tertiary/aromatic N) is 1. The molecule has 0 spiro atoms. The maximum atomic E-state index is 13.7. The minimum absolute atomic E-state index is 0.0312. The number of nitrogens with one attached hydrogen (secondary N) is 1. The maximum absolute atomic E-state index is 13.7. The van der Waals surface area contributed by atoms with Gasteiger partial charge in [0, 0.05) is 36.6 Å². The minimum atomic E-state index is -0.466. The molecule has 1 aliphatic rings. The molecule has 1 aromatic carbocycles. The van der Waals surface area contributed by atoms with Gasteiger partial charge in [-0.25, -0.2) is 4.39 Å². The number of hydrogen-bond acceptors (Lipinski definition) is 2. The first-order valence-corrected chi connectivity index (χ1v) is 7.33. The van der Waals surface area contributed by atoms with E-state index in [4.69, 9.17) is 11.6 Å². The molecule has 1 N–H and O–H groups in total. The van der Waals surface area contributed by atoms with E-state index in [2.05, 4.69) is 5.32 Å². The second kappa shape index (κ2) is 6.89. The van der Waals surface area contributed by atoms with Gasteiger partial charge in [-0.05, 0) is 25.0 Å². The lowest BCUT2D eigenvalue weighted by Crippen LogP contribution is -2.49. The smallest absolute Gasteiger partial charge is 0.227 e. The van der Waals surface area contributed by atoms with Crippen molar-refractivity contribution in [2.24, 2.45) is 0 Å². The van der Waals surface area contributed by atoms with Gasteiger partial charge in [0.2, 0.25) is 11.8 Å². The van der Waals surface area contributed by atoms with Crippen LogP contribution in [0, 0.1) is 5.82 Å². The number of hydrogen-bond donors (Lipinski definition) is 1. The zero-order chi connectivity index (χ0) is 15.4. The van der Waals surface area contributed by atoms with E-state index in [1.165, 1.54) is 19.1 Å². The Balaban J connectivity index is 2.01. The van der Waals surface area contributed by atoms with Gasteiger partial charge in [-0.1, -0.05) is 17.7 Å². The molecular formula is C15H18ClFN2O2. The van der Waals surface area contributed by atoms with Crippen LogP contribution in [0.15, 0.2) is 18.2 Å². The highest BCUT2D eigenvalue weighted by atomic mass is 35.5. The quantitative estimate of drug-likeness (QED) is 0.929. The van der Waals surface area contributed by atoms with Crippen LogP contribution in [-0.4, -0.2) is 35.8 Å². The number of likely N-dealkylation sites (tertiary alicyclic amines) is 1. The second-order valence-electron chi connectivity index (χ2n) is 5.26. The molecule has 0 saturated carbocycles. The highest BCUT2D eigenvalue weighted by molar-refractivity contribution is 6.31. The number of rotatable bonds is 3. The van der Waals surface area contributed by atoms with Crippen LogP contribution in [0.25, 0.3) is 0 Å². The van der Waals surface area contributed by atoms with E-state index in [0.717, 1.165) is 12.8 Å². The van der Waals surface area contributed by atoms with Crippen molar-refractivity contribution < 1.29 is 14.0 Å². The minimum Gasteiger partial charge on any atom is -0.352 e. The molecule has 21 heavy (non-hydrogen) atoms. The van der Waals surface area contributed by atoms with E-state index in [1.807, 2.05) is 0 Å². The molecule has 4 nitrogen and oxygen atoms in total. The van der Waals surface area contributed by atoms with Gasteiger partial charge in [0.15, 0.2) is 0 Å². The third-order valence-electron chi connectivity index (χ3n) is 3.57. The normalized spacial score (nSPS) is 18.4. The average Bonchev–Trinajstić information content (AvgIpc) is 2.42. The molecule has 0 radical (unpaired) electrons. The summed E-state index contributed by atoms with van der Waals surface area (Å²) in [6, 6.07) is 4.35. The van der Waals surface area contributed by atoms with Gasteiger partial charge in [0.25, 0.3) is 0 Å². The molecular weight excluding hydrogens is 295 g/mol. The van der Waals surface area contributed by atoms with Crippen LogP contribution in [-0.2, 0) is 16.0 Å². The van der Waals surface area contributed by atoms with Crippen LogP contribution in [0.4, 0.5) is 4.39 Å². The third-order valence-corrected chi connectivity index (χ3v) is 3.93. The van der Waals surface area contributed by atoms with Crippen molar-refractivity contribution in [1.82, 2.24) is 10.2 Å². The highest BCUT2D eigenvalue weighted by Gasteiger charge is 2.25. The summed E-state index contributed by atoms with van der Waals surface area (Å²) in [6.07, 6.45) is 1.61. The van der Waals surface area contributed by atoms with Gasteiger partial charge in [-0.2, -0.15) is 0 Å². The van der Waals surface area contributed by atoms with E-state index in [-0.39, 0.29) is 34.9 Å². The van der Waals surface area contributed by atoms with Crippen LogP contribution in [0.2, 0.25) is 5.02 Å². The lowest BCUT2D eigenvalue weighted by Gasteiger charge is -2.33. The molecule has 2 amide bonds. The summed E-state index contributed by atoms with van der Waals surface area (Å²) in [5, 5.41) is 3.08. The molecule has 0 unspecified atom stereocenters. The Morgan fingerprint density at radius 3 is 2.90 bits per heavy atom. The first kappa shape index (κ1) is 15.8. The largest absolute Gasteiger partial charge is 0.352 e. The van der Waals surface area contributed by atoms with Crippen molar-refractivity contribution in [3.05, 3.63) is 34.6 Å². The molecule has 0 aliphatic carbocycles. The van der Waals surface area contributed by atoms with Crippen molar-refractivity contribution in [3.8, 4) is 0 Å². The number of piperidine rings is 1. The summed E-state index contributed by atoms with van der Waals surface area (Å²) in [5.41, 5.74) is 0.228. The summed E-state index contributed by atoms with van der Waals surface area (Å²) >= 11 is 5.94. The van der Waals surface area contributed by atoms with Crippen molar-refractivity contribution in [2.75, 3.05) is 13.1 Å². The predicted molar refractivity (Wildman–Crippen MR) is 78.5 cm³/mol. The molecule has 1 saturated heterocycles. The Hall–Kier alpha value is -1.62. The zero-order valence-electron chi connectivity index (χ0n) is 11.9. The summed E-state index contributed by atoms with van der Waals surface area (Å²) in [6.45, 7) is 2.55. The Morgan fingerprint density at radius 2 is 2.24 bits per heavy atom. The molecule has 1 heterocycles. The van der Waals surface area contributed by atoms with Gasteiger partial charge >= 0.3 is 0 Å². The third kappa shape index (κ3) is 4.17. The molecule has 1 aliphatic heterocycles. The fourth-order valence-corrected chi connectivity index (χ4v) is 2.80. The summed E-state index contributed by atoms with van der Waals surface area (Å²) < 4.78 is 13.7. The number of halogens is 2. The van der Waals surface area contributed by atoms with Gasteiger partial charge in [-0.15, -0.1) is 0 Å². The average molecular weight is 313 g/mol. The van der Waals surface area contributed by atoms with Crippen molar-refractivity contribution >= 4 is 23.4 Å². The van der Waals surface area contributed by atoms with Gasteiger partial charge < -0.3 is 10.2 Å². The molecule has 1 fully saturated rings. The van der Waals surface area contributed by atoms with Crippen molar-refractivity contribution in [2.45, 2.75) is 32.2 Å². The fourth-order valence-electron chi connectivity index (χ4n) is 2.57. The molecule has 6 heteroatoms. The zero-order valence-corrected chi connectivity index (χ0v) is 12.6. The topological polar surface area (TPSA) is 49.4 Å². The van der Waals surface area contributed by atoms with E-state index in [1.54, 1.807) is 11.0 Å². The molecule has 1 aromatic rings. The lowest BCUT2D eigenvalue weighted by atomic mass is 10.0. The highest BCUT2D eigenvalue weighted by Crippen LogP contribution is 2.21. The van der Waals surface area contributed by atoms with Gasteiger partial charge in [0.05, 0.1) is 6.42 Å². The van der Waals surface area contributed by atoms with Crippen molar-refractivity contribution in [3.63, 3.8) is 0 Å². The van der Waals surface area contributed by atoms with Crippen LogP contribution in [0.3, 0.4) is 0 Å². The SMILES string of the molecule is CC(=O)N[C@H]1CCCN(C(=O)Cc2c(F)cccc2Cl)C1. The second-order valence-corrected chi connectivity index (χ2v) is 5.66. The Labute approximate surface area is 128 Å². The Bertz CT molecular complexity index is 530. The van der Waals surface area contributed by atoms with E-state index < -0.39 is 5.82 Å². The molecule has 0 bridgehead atoms. The van der Waals surface area contributed by atoms with E-state index in [0.29, 0.717) is 13.1 Å². The first-order chi connectivity index (χ1) is 9.97. The number of benzene rings is 1. The van der Waals surface area contributed by atoms with Crippen molar-refractivity contribution in [1.29, 1.82) is 0 Å². The van der Waals surface area contributed by atoms with E-state index in [9.17, 15) is 14.0 Å². The number of carbonyl (C=O) groups is 2. The van der Waals surface area contributed by atoms with E-state index >= 15 is 0 Å². The maximum Gasteiger partial charge on any atom is 0.227 e. The van der Waals surface area contributed by atoms with Crippen LogP contribution >= 0.6 is 11.6 Å². The Kier molecular flexibility index (Phi) is 5.17. The molecule has 2 rings (SSSR count). The summed E-state index contributed by atoms with van der Waals surface area (Å²) in [4.78, 5) is 25.0. The van der Waals surface area contributed by atoms with Crippen LogP contribution in [0.5, 0.6) is 0 Å². The monoisotopic (exact) mass is 312 g/mol. The summed E-state index contributed by atoms with van der Waals surface area (Å²) in [5.74, 6) is -0.741. The number of carbonyl (C=O) groups excluding carboxylic acids is 2. The summed E-state index contributed by atoms with van der Waals surface area (Å²) in [7, 11) is 0. The fraction of sp³-hybridized carbons (Fsp3) is 0.467. The number of amides is 2.